The molecule has 1 aromatic carbocycles. The van der Waals surface area contributed by atoms with E-state index in [1.807, 2.05) is 25.3 Å². The molecule has 0 saturated carbocycles. The first-order valence-electron chi connectivity index (χ1n) is 15.3. The summed E-state index contributed by atoms with van der Waals surface area (Å²) >= 11 is 5.44. The van der Waals surface area contributed by atoms with Crippen molar-refractivity contribution in [2.75, 3.05) is 19.8 Å². The second-order valence-electron chi connectivity index (χ2n) is 13.4. The molecule has 4 rings (SSSR count). The lowest BCUT2D eigenvalue weighted by Crippen LogP contribution is -2.42. The van der Waals surface area contributed by atoms with Crippen molar-refractivity contribution >= 4 is 31.0 Å². The summed E-state index contributed by atoms with van der Waals surface area (Å²) < 4.78 is 56.2. The molecule has 1 saturated heterocycles. The zero-order valence-corrected chi connectivity index (χ0v) is 29.2. The van der Waals surface area contributed by atoms with Gasteiger partial charge in [0.05, 0.1) is 30.5 Å². The predicted octanol–water partition coefficient (Wildman–Crippen LogP) is 7.59. The summed E-state index contributed by atoms with van der Waals surface area (Å²) in [5.41, 5.74) is 1.61. The molecule has 2 atom stereocenters. The van der Waals surface area contributed by atoms with E-state index in [1.54, 1.807) is 24.3 Å². The minimum atomic E-state index is -1.40. The van der Waals surface area contributed by atoms with Crippen LogP contribution >= 0.6 is 11.6 Å². The standard InChI is InChI=1S/C31H46ClFN4O5SSi/c1-30(2,3)43(38)36-25(14-8-7-11-16-31(40-18-19-41-31)26-15-17-42-35-26)27-28(32)34-29(23-12-9-10-13-24(23)33)37(27)22-39-20-21-44(4,5)6/h9-10,12-13,15,17,25,36H,7-8,11,14,16,18-22H2,1-6H3/t25-,43+/m0/s1. The first kappa shape index (κ1) is 35.1. The van der Waals surface area contributed by atoms with Gasteiger partial charge in [0.25, 0.3) is 0 Å². The molecule has 2 aromatic heterocycles. The Morgan fingerprint density at radius 1 is 1.16 bits per heavy atom. The van der Waals surface area contributed by atoms with Gasteiger partial charge in [0, 0.05) is 38.5 Å². The van der Waals surface area contributed by atoms with Gasteiger partial charge in [-0.2, -0.15) is 0 Å². The smallest absolute Gasteiger partial charge is 0.215 e. The maximum Gasteiger partial charge on any atom is 0.215 e. The largest absolute Gasteiger partial charge is 0.598 e. The monoisotopic (exact) mass is 668 g/mol. The molecule has 44 heavy (non-hydrogen) atoms. The average molecular weight is 669 g/mol. The van der Waals surface area contributed by atoms with E-state index < -0.39 is 41.8 Å². The van der Waals surface area contributed by atoms with Gasteiger partial charge in [0.1, 0.15) is 35.1 Å². The molecule has 1 N–H and O–H groups in total. The van der Waals surface area contributed by atoms with Crippen LogP contribution < -0.4 is 4.72 Å². The number of rotatable bonds is 16. The molecule has 0 spiro atoms. The fraction of sp³-hybridized carbons (Fsp3) is 0.613. The second kappa shape index (κ2) is 15.2. The van der Waals surface area contributed by atoms with E-state index in [4.69, 9.17) is 30.3 Å². The molecule has 3 aromatic rings. The number of imidazole rings is 1. The maximum absolute atomic E-state index is 15.0. The minimum absolute atomic E-state index is 0.151. The molecule has 244 valence electrons. The van der Waals surface area contributed by atoms with E-state index in [-0.39, 0.29) is 11.9 Å². The van der Waals surface area contributed by atoms with Gasteiger partial charge in [-0.3, -0.25) is 0 Å². The molecule has 1 aliphatic rings. The Labute approximate surface area is 269 Å². The van der Waals surface area contributed by atoms with Gasteiger partial charge in [0.15, 0.2) is 5.15 Å². The normalized spacial score (nSPS) is 16.8. The molecule has 0 bridgehead atoms. The summed E-state index contributed by atoms with van der Waals surface area (Å²) in [6, 6.07) is 8.84. The maximum atomic E-state index is 15.0. The van der Waals surface area contributed by atoms with Crippen LogP contribution in [0.5, 0.6) is 0 Å². The molecule has 3 heterocycles. The van der Waals surface area contributed by atoms with Crippen LogP contribution in [0, 0.1) is 5.82 Å². The summed E-state index contributed by atoms with van der Waals surface area (Å²) in [5, 5.41) is 4.29. The number of hydrogen-bond acceptors (Lipinski definition) is 8. The van der Waals surface area contributed by atoms with Crippen LogP contribution in [0.3, 0.4) is 0 Å². The van der Waals surface area contributed by atoms with Gasteiger partial charge in [-0.15, -0.1) is 4.72 Å². The van der Waals surface area contributed by atoms with Gasteiger partial charge in [-0.25, -0.2) is 9.37 Å². The van der Waals surface area contributed by atoms with E-state index in [9.17, 15) is 4.55 Å². The summed E-state index contributed by atoms with van der Waals surface area (Å²) in [6.45, 7) is 14.4. The molecule has 0 aliphatic carbocycles. The summed E-state index contributed by atoms with van der Waals surface area (Å²) in [6.07, 6.45) is 5.23. The topological polar surface area (TPSA) is 107 Å². The minimum Gasteiger partial charge on any atom is -0.598 e. The van der Waals surface area contributed by atoms with Crippen LogP contribution in [0.1, 0.15) is 70.3 Å². The number of hydrogen-bond donors (Lipinski definition) is 1. The zero-order valence-electron chi connectivity index (χ0n) is 26.7. The van der Waals surface area contributed by atoms with Crippen molar-refractivity contribution in [2.45, 2.75) is 102 Å². The van der Waals surface area contributed by atoms with E-state index >= 15 is 4.39 Å². The lowest BCUT2D eigenvalue weighted by molar-refractivity contribution is -0.175. The van der Waals surface area contributed by atoms with Crippen molar-refractivity contribution < 1.29 is 27.7 Å². The number of benzene rings is 1. The molecule has 1 aliphatic heterocycles. The number of ether oxygens (including phenoxy) is 3. The van der Waals surface area contributed by atoms with Gasteiger partial charge in [-0.1, -0.05) is 61.4 Å². The predicted molar refractivity (Wildman–Crippen MR) is 174 cm³/mol. The third-order valence-corrected chi connectivity index (χ3v) is 11.1. The van der Waals surface area contributed by atoms with Crippen LogP contribution in [0.4, 0.5) is 4.39 Å². The van der Waals surface area contributed by atoms with Crippen LogP contribution in [-0.4, -0.2) is 51.9 Å². The third-order valence-electron chi connectivity index (χ3n) is 7.51. The quantitative estimate of drug-likeness (QED) is 0.0946. The van der Waals surface area contributed by atoms with Gasteiger partial charge in [-0.05, 0) is 51.8 Å². The van der Waals surface area contributed by atoms with Crippen molar-refractivity contribution in [1.82, 2.24) is 19.4 Å². The fourth-order valence-electron chi connectivity index (χ4n) is 5.01. The van der Waals surface area contributed by atoms with E-state index in [0.717, 1.165) is 25.3 Å². The molecule has 13 heteroatoms. The Balaban J connectivity index is 1.56. The van der Waals surface area contributed by atoms with Gasteiger partial charge in [0.2, 0.25) is 5.79 Å². The average Bonchev–Trinajstić information content (AvgIpc) is 3.71. The van der Waals surface area contributed by atoms with Crippen molar-refractivity contribution in [3.05, 3.63) is 59.0 Å². The van der Waals surface area contributed by atoms with Crippen LogP contribution in [-0.2, 0) is 38.1 Å². The van der Waals surface area contributed by atoms with Gasteiger partial charge < -0.3 is 27.9 Å². The van der Waals surface area contributed by atoms with Crippen molar-refractivity contribution in [3.63, 3.8) is 0 Å². The first-order chi connectivity index (χ1) is 20.8. The lowest BCUT2D eigenvalue weighted by atomic mass is 10.0. The Bertz CT molecular complexity index is 1330. The summed E-state index contributed by atoms with van der Waals surface area (Å²) in [7, 11) is -1.33. The third kappa shape index (κ3) is 9.15. The summed E-state index contributed by atoms with van der Waals surface area (Å²) in [5.74, 6) is -0.902. The fourth-order valence-corrected chi connectivity index (χ4v) is 6.92. The van der Waals surface area contributed by atoms with Gasteiger partial charge >= 0.3 is 0 Å². The molecule has 9 nitrogen and oxygen atoms in total. The summed E-state index contributed by atoms with van der Waals surface area (Å²) in [4.78, 5) is 4.62. The number of nitrogens with zero attached hydrogens (tertiary/aromatic N) is 3. The molecule has 1 fully saturated rings. The highest BCUT2D eigenvalue weighted by Gasteiger charge is 2.40. The van der Waals surface area contributed by atoms with E-state index in [2.05, 4.69) is 34.5 Å². The molecule has 0 amide bonds. The lowest BCUT2D eigenvalue weighted by Gasteiger charge is -2.29. The number of nitrogens with one attached hydrogen (secondary N) is 1. The second-order valence-corrected chi connectivity index (χ2v) is 21.3. The van der Waals surface area contributed by atoms with E-state index in [1.165, 1.54) is 12.3 Å². The highest BCUT2D eigenvalue weighted by atomic mass is 35.5. The number of aromatic nitrogens is 3. The van der Waals surface area contributed by atoms with Crippen LogP contribution in [0.2, 0.25) is 30.8 Å². The number of unbranched alkanes of at least 4 members (excludes halogenated alkanes) is 2. The van der Waals surface area contributed by atoms with Crippen LogP contribution in [0.15, 0.2) is 41.1 Å². The first-order valence-corrected chi connectivity index (χ1v) is 20.5. The Morgan fingerprint density at radius 2 is 1.89 bits per heavy atom. The molecular weight excluding hydrogens is 623 g/mol. The Kier molecular flexibility index (Phi) is 12.1. The van der Waals surface area contributed by atoms with E-state index in [0.29, 0.717) is 55.4 Å². The molecular formula is C31H46ClFN4O5SSi. The highest BCUT2D eigenvalue weighted by molar-refractivity contribution is 7.90. The highest BCUT2D eigenvalue weighted by Crippen LogP contribution is 2.37. The van der Waals surface area contributed by atoms with Crippen molar-refractivity contribution in [2.24, 2.45) is 0 Å². The molecule has 0 unspecified atom stereocenters. The van der Waals surface area contributed by atoms with Crippen molar-refractivity contribution in [3.8, 4) is 11.4 Å². The Hall–Kier alpha value is -1.77. The SMILES string of the molecule is CC(C)(C)[S@@+]([O-])N[C@@H](CCCCCC1(c2ccon2)OCCO1)c1c(Cl)nc(-c2ccccc2F)n1COCC[Si](C)(C)C. The Morgan fingerprint density at radius 3 is 2.52 bits per heavy atom. The number of halogens is 2. The zero-order chi connectivity index (χ0) is 32.0. The van der Waals surface area contributed by atoms with Crippen molar-refractivity contribution in [1.29, 1.82) is 0 Å². The molecule has 0 radical (unpaired) electrons. The van der Waals surface area contributed by atoms with Crippen LogP contribution in [0.25, 0.3) is 11.4 Å².